The van der Waals surface area contributed by atoms with Gasteiger partial charge in [0.15, 0.2) is 0 Å². The Labute approximate surface area is 178 Å². The highest BCUT2D eigenvalue weighted by Gasteiger charge is 2.31. The second-order valence-electron chi connectivity index (χ2n) is 7.17. The quantitative estimate of drug-likeness (QED) is 0.665. The molecule has 0 spiro atoms. The fraction of sp³-hybridized carbons (Fsp3) is 0.429. The number of carbonyl (C=O) groups is 1. The van der Waals surface area contributed by atoms with Crippen LogP contribution in [-0.4, -0.2) is 73.5 Å². The second-order valence-corrected chi connectivity index (χ2v) is 7.17. The number of hydrogen-bond acceptors (Lipinski definition) is 7. The number of anilines is 1. The van der Waals surface area contributed by atoms with Gasteiger partial charge in [0.1, 0.15) is 24.3 Å². The average Bonchev–Trinajstić information content (AvgIpc) is 2.77. The average molecular weight is 439 g/mol. The first kappa shape index (κ1) is 22.8. The standard InChI is InChI=1S/C21H24F3N3O4/c1-30-20(29)15-2-5-18(6-3-15)31-14-17(28)13-26-8-10-27(11-9-26)19-7-4-16(12-25-19)21(22,23)24/h2-7,12,17,28H,8-11,13-14H2,1H3/t17-/m1/s1. The number of piperazine rings is 1. The number of aliphatic hydroxyl groups excluding tert-OH is 1. The van der Waals surface area contributed by atoms with Crippen LogP contribution in [0.4, 0.5) is 19.0 Å². The maximum atomic E-state index is 12.7. The topological polar surface area (TPSA) is 75.1 Å². The zero-order valence-electron chi connectivity index (χ0n) is 17.0. The molecule has 0 aliphatic carbocycles. The van der Waals surface area contributed by atoms with E-state index in [0.717, 1.165) is 12.3 Å². The molecule has 1 atom stereocenters. The molecule has 2 heterocycles. The molecule has 0 radical (unpaired) electrons. The van der Waals surface area contributed by atoms with E-state index in [2.05, 4.69) is 14.6 Å². The maximum Gasteiger partial charge on any atom is 0.417 e. The van der Waals surface area contributed by atoms with E-state index < -0.39 is 23.8 Å². The number of halogens is 3. The molecule has 1 aliphatic heterocycles. The molecule has 1 aliphatic rings. The summed E-state index contributed by atoms with van der Waals surface area (Å²) in [7, 11) is 1.31. The zero-order valence-corrected chi connectivity index (χ0v) is 17.0. The Morgan fingerprint density at radius 3 is 2.35 bits per heavy atom. The minimum atomic E-state index is -4.40. The van der Waals surface area contributed by atoms with Gasteiger partial charge in [-0.15, -0.1) is 0 Å². The minimum absolute atomic E-state index is 0.0955. The van der Waals surface area contributed by atoms with Crippen molar-refractivity contribution in [1.82, 2.24) is 9.88 Å². The van der Waals surface area contributed by atoms with Gasteiger partial charge in [-0.1, -0.05) is 0 Å². The van der Waals surface area contributed by atoms with Gasteiger partial charge in [-0.25, -0.2) is 9.78 Å². The third kappa shape index (κ3) is 6.31. The summed E-state index contributed by atoms with van der Waals surface area (Å²) in [5.41, 5.74) is -0.353. The van der Waals surface area contributed by atoms with E-state index in [9.17, 15) is 23.1 Å². The van der Waals surface area contributed by atoms with E-state index in [1.54, 1.807) is 24.3 Å². The lowest BCUT2D eigenvalue weighted by Crippen LogP contribution is -2.49. The molecule has 0 amide bonds. The molecular formula is C21H24F3N3O4. The van der Waals surface area contributed by atoms with Crippen molar-refractivity contribution in [2.75, 3.05) is 51.3 Å². The number of hydrogen-bond donors (Lipinski definition) is 1. The monoisotopic (exact) mass is 439 g/mol. The molecular weight excluding hydrogens is 415 g/mol. The smallest absolute Gasteiger partial charge is 0.417 e. The number of aliphatic hydroxyl groups is 1. The number of benzene rings is 1. The summed E-state index contributed by atoms with van der Waals surface area (Å²) in [5, 5.41) is 10.3. The van der Waals surface area contributed by atoms with E-state index in [1.165, 1.54) is 13.2 Å². The summed E-state index contributed by atoms with van der Waals surface area (Å²) in [6.07, 6.45) is -4.26. The van der Waals surface area contributed by atoms with Gasteiger partial charge >= 0.3 is 12.1 Å². The number of methoxy groups -OCH3 is 1. The van der Waals surface area contributed by atoms with Crippen molar-refractivity contribution in [2.45, 2.75) is 12.3 Å². The number of nitrogens with zero attached hydrogens (tertiary/aromatic N) is 3. The summed E-state index contributed by atoms with van der Waals surface area (Å²) in [5.74, 6) is 0.606. The molecule has 10 heteroatoms. The highest BCUT2D eigenvalue weighted by atomic mass is 19.4. The minimum Gasteiger partial charge on any atom is -0.491 e. The number of aromatic nitrogens is 1. The van der Waals surface area contributed by atoms with Gasteiger partial charge in [-0.3, -0.25) is 4.90 Å². The van der Waals surface area contributed by atoms with Crippen molar-refractivity contribution >= 4 is 11.8 Å². The molecule has 2 aromatic rings. The number of β-amino-alcohol motifs (C(OH)–C–C–N with tert-alkyl or cyclic N) is 1. The molecule has 1 fully saturated rings. The van der Waals surface area contributed by atoms with Gasteiger partial charge in [0.2, 0.25) is 0 Å². The number of ether oxygens (including phenoxy) is 2. The predicted molar refractivity (Wildman–Crippen MR) is 107 cm³/mol. The summed E-state index contributed by atoms with van der Waals surface area (Å²) < 4.78 is 48.2. The first-order valence-electron chi connectivity index (χ1n) is 9.76. The Kier molecular flexibility index (Phi) is 7.34. The lowest BCUT2D eigenvalue weighted by molar-refractivity contribution is -0.137. The van der Waals surface area contributed by atoms with Crippen molar-refractivity contribution in [3.63, 3.8) is 0 Å². The van der Waals surface area contributed by atoms with E-state index in [-0.39, 0.29) is 6.61 Å². The largest absolute Gasteiger partial charge is 0.491 e. The molecule has 7 nitrogen and oxygen atoms in total. The van der Waals surface area contributed by atoms with Crippen LogP contribution in [0.3, 0.4) is 0 Å². The first-order valence-corrected chi connectivity index (χ1v) is 9.76. The van der Waals surface area contributed by atoms with Crippen LogP contribution in [-0.2, 0) is 10.9 Å². The normalized spacial score (nSPS) is 16.1. The summed E-state index contributed by atoms with van der Waals surface area (Å²) in [4.78, 5) is 19.3. The third-order valence-corrected chi connectivity index (χ3v) is 4.96. The van der Waals surface area contributed by atoms with Crippen LogP contribution in [0.2, 0.25) is 0 Å². The Bertz CT molecular complexity index is 852. The van der Waals surface area contributed by atoms with Gasteiger partial charge < -0.3 is 19.5 Å². The van der Waals surface area contributed by atoms with Gasteiger partial charge in [0, 0.05) is 38.9 Å². The second kappa shape index (κ2) is 9.97. The fourth-order valence-electron chi connectivity index (χ4n) is 3.25. The summed E-state index contributed by atoms with van der Waals surface area (Å²) in [6, 6.07) is 8.86. The van der Waals surface area contributed by atoms with Crippen molar-refractivity contribution in [1.29, 1.82) is 0 Å². The van der Waals surface area contributed by atoms with Crippen LogP contribution >= 0.6 is 0 Å². The predicted octanol–water partition coefficient (Wildman–Crippen LogP) is 2.45. The van der Waals surface area contributed by atoms with Crippen LogP contribution in [0.5, 0.6) is 5.75 Å². The number of rotatable bonds is 7. The van der Waals surface area contributed by atoms with Crippen molar-refractivity contribution in [3.8, 4) is 5.75 Å². The molecule has 1 aromatic heterocycles. The summed E-state index contributed by atoms with van der Waals surface area (Å²) >= 11 is 0. The highest BCUT2D eigenvalue weighted by Crippen LogP contribution is 2.29. The summed E-state index contributed by atoms with van der Waals surface area (Å²) in [6.45, 7) is 3.00. The molecule has 31 heavy (non-hydrogen) atoms. The lowest BCUT2D eigenvalue weighted by Gasteiger charge is -2.36. The number of esters is 1. The van der Waals surface area contributed by atoms with Gasteiger partial charge in [-0.05, 0) is 36.4 Å². The van der Waals surface area contributed by atoms with Crippen molar-refractivity contribution in [2.24, 2.45) is 0 Å². The van der Waals surface area contributed by atoms with Crippen molar-refractivity contribution < 1.29 is 32.5 Å². The molecule has 1 N–H and O–H groups in total. The Morgan fingerprint density at radius 2 is 1.81 bits per heavy atom. The fourth-order valence-corrected chi connectivity index (χ4v) is 3.25. The van der Waals surface area contributed by atoms with E-state index in [4.69, 9.17) is 4.74 Å². The molecule has 0 unspecified atom stereocenters. The Balaban J connectivity index is 1.41. The van der Waals surface area contributed by atoms with Crippen molar-refractivity contribution in [3.05, 3.63) is 53.7 Å². The van der Waals surface area contributed by atoms with Gasteiger partial charge in [-0.2, -0.15) is 13.2 Å². The Hall–Kier alpha value is -2.85. The molecule has 0 bridgehead atoms. The molecule has 1 saturated heterocycles. The van der Waals surface area contributed by atoms with E-state index >= 15 is 0 Å². The third-order valence-electron chi connectivity index (χ3n) is 4.96. The van der Waals surface area contributed by atoms with Crippen LogP contribution in [0, 0.1) is 0 Å². The van der Waals surface area contributed by atoms with Crippen LogP contribution < -0.4 is 9.64 Å². The van der Waals surface area contributed by atoms with E-state index in [0.29, 0.717) is 49.9 Å². The van der Waals surface area contributed by atoms with Gasteiger partial charge in [0.25, 0.3) is 0 Å². The number of pyridine rings is 1. The maximum absolute atomic E-state index is 12.7. The van der Waals surface area contributed by atoms with Crippen LogP contribution in [0.15, 0.2) is 42.6 Å². The van der Waals surface area contributed by atoms with Gasteiger partial charge in [0.05, 0.1) is 18.2 Å². The molecule has 1 aromatic carbocycles. The zero-order chi connectivity index (χ0) is 22.4. The van der Waals surface area contributed by atoms with Crippen LogP contribution in [0.25, 0.3) is 0 Å². The lowest BCUT2D eigenvalue weighted by atomic mass is 10.2. The SMILES string of the molecule is COC(=O)c1ccc(OC[C@H](O)CN2CCN(c3ccc(C(F)(F)F)cn3)CC2)cc1. The number of carbonyl (C=O) groups excluding carboxylic acids is 1. The van der Waals surface area contributed by atoms with Crippen LogP contribution in [0.1, 0.15) is 15.9 Å². The first-order chi connectivity index (χ1) is 14.8. The molecule has 0 saturated carbocycles. The molecule has 168 valence electrons. The molecule has 3 rings (SSSR count). The highest BCUT2D eigenvalue weighted by molar-refractivity contribution is 5.89. The Morgan fingerprint density at radius 1 is 1.13 bits per heavy atom. The van der Waals surface area contributed by atoms with E-state index in [1.807, 2.05) is 4.90 Å². The number of alkyl halides is 3.